The molecule has 11 N–H and O–H groups in total. The molecule has 0 bridgehead atoms. The Balaban J connectivity index is 0.000000161. The number of hydroxylamine groups is 2. The van der Waals surface area contributed by atoms with Crippen molar-refractivity contribution >= 4 is 58.3 Å². The summed E-state index contributed by atoms with van der Waals surface area (Å²) >= 11 is 0. The molecule has 38 heteroatoms. The molecule has 562 valence electrons. The van der Waals surface area contributed by atoms with E-state index >= 15 is 0 Å². The number of methoxy groups -OCH3 is 2. The Labute approximate surface area is 609 Å². The Kier molecular flexibility index (Phi) is 24.8. The number of amides is 2. The fourth-order valence-corrected chi connectivity index (χ4v) is 11.2. The Morgan fingerprint density at radius 2 is 0.981 bits per heavy atom. The summed E-state index contributed by atoms with van der Waals surface area (Å²) in [5, 5.41) is 54.7. The van der Waals surface area contributed by atoms with Crippen LogP contribution >= 0.6 is 0 Å². The molecule has 7 aliphatic rings. The third-order valence-corrected chi connectivity index (χ3v) is 16.4. The van der Waals surface area contributed by atoms with Crippen LogP contribution in [0.25, 0.3) is 14.5 Å². The highest BCUT2D eigenvalue weighted by molar-refractivity contribution is 6.01. The Bertz CT molecular complexity index is 4580. The van der Waals surface area contributed by atoms with Gasteiger partial charge in [0.1, 0.15) is 71.3 Å². The van der Waals surface area contributed by atoms with E-state index in [1.165, 1.54) is 32.3 Å². The standard InChI is InChI=1S/C21H27N5O6.C20H22N4O6.C19H20N4O6.C8H8N2O5/c1-29-11-16-12(27)9-18(32-16)26-10-15-20(25-21(26)28)24-19-13(5-4-6-14(19)31-15)30-8-3-2-7-17(22)23;1-21-7-4-8-28-13-5-3-6-14-18(13)22-19-15(29-14)10-24(20(26)23-19)17-9-12(25)16(30-17)11-27-2;1-20-6-3-7-27-12-4-2-5-13-17(12)21-18-14(28-13)9-23(19(26)22-18)16-8-11(25)15(10-24)29-16;1-9-4-5-14-8(13)15-10-6(11)2-3-7(10)12/h4-6,10,12,16,18,27H,2-3,7-9,11H2,1H3,(H3,22,23)(H,24,25,28);3,5-6,10,12,16-17,25H,4,7-9,11H2,2H3,(H,22,23,26);2,4-5,9,11,15-16,24-25H,3,6-8,10H2,(H,21,22,26);2-5H2/p+1/t12-,16-,18-;12-,16-,17-;11-,15-,16-;/m111./s1/i1TD;2TD;;/t1?,12-,16-,18-;2?,12-,16-,17-;;. The Morgan fingerprint density at radius 3 is 1.35 bits per heavy atom. The number of fused-ring (bicyclic) bond motifs is 6. The molecule has 11 atom stereocenters. The number of aromatic nitrogens is 6. The van der Waals surface area contributed by atoms with E-state index in [9.17, 15) is 49.2 Å². The Morgan fingerprint density at radius 1 is 0.594 bits per heavy atom. The van der Waals surface area contributed by atoms with Crippen molar-refractivity contribution in [2.45, 2.75) is 120 Å². The van der Waals surface area contributed by atoms with Crippen LogP contribution in [0.15, 0.2) is 87.6 Å². The van der Waals surface area contributed by atoms with Crippen LogP contribution in [0.1, 0.15) is 88.4 Å². The molecule has 4 saturated heterocycles. The summed E-state index contributed by atoms with van der Waals surface area (Å²) < 4.78 is 98.4. The number of nitrogens with one attached hydrogen (secondary N) is 3. The molecule has 2 unspecified atom stereocenters. The van der Waals surface area contributed by atoms with Crippen LogP contribution in [0.5, 0.6) is 51.7 Å². The topological polar surface area (TPSA) is 461 Å². The molecule has 3 aromatic carbocycles. The van der Waals surface area contributed by atoms with Crippen LogP contribution in [-0.2, 0) is 42.8 Å². The average molecular weight is 1480 g/mol. The first-order chi connectivity index (χ1) is 53.0. The first-order valence-electron chi connectivity index (χ1n) is 35.5. The van der Waals surface area contributed by atoms with Gasteiger partial charge in [-0.05, 0) is 49.2 Å². The van der Waals surface area contributed by atoms with Crippen molar-refractivity contribution in [3.05, 3.63) is 139 Å². The van der Waals surface area contributed by atoms with Crippen molar-refractivity contribution in [3.8, 4) is 51.7 Å². The van der Waals surface area contributed by atoms with Gasteiger partial charge in [0.25, 0.3) is 11.8 Å². The van der Waals surface area contributed by atoms with Gasteiger partial charge in [-0.2, -0.15) is 15.0 Å². The van der Waals surface area contributed by atoms with Gasteiger partial charge in [-0.15, -0.1) is 0 Å². The monoisotopic (exact) mass is 1480 g/mol. The van der Waals surface area contributed by atoms with Gasteiger partial charge >= 0.3 is 23.2 Å². The third kappa shape index (κ3) is 19.3. The molecule has 0 aliphatic carbocycles. The zero-order valence-electron chi connectivity index (χ0n) is 60.6. The van der Waals surface area contributed by atoms with Gasteiger partial charge in [0, 0.05) is 52.6 Å². The number of imide groups is 1. The van der Waals surface area contributed by atoms with Gasteiger partial charge in [0.2, 0.25) is 25.5 Å². The number of rotatable bonds is 25. The minimum Gasteiger partial charge on any atom is -0.491 e. The van der Waals surface area contributed by atoms with Crippen LogP contribution in [0, 0.1) is 19.7 Å². The number of unbranched alkanes of at least 4 members (excludes halogenated alkanes) is 1. The fraction of sp³-hybridized carbons (Fsp3) is 0.456. The van der Waals surface area contributed by atoms with Crippen molar-refractivity contribution in [2.75, 3.05) is 96.0 Å². The van der Waals surface area contributed by atoms with Gasteiger partial charge in [-0.25, -0.2) is 38.9 Å². The highest BCUT2D eigenvalue weighted by Crippen LogP contribution is 2.49. The van der Waals surface area contributed by atoms with E-state index in [0.717, 1.165) is 12.8 Å². The van der Waals surface area contributed by atoms with E-state index in [-0.39, 0.29) is 82.5 Å². The van der Waals surface area contributed by atoms with Gasteiger partial charge in [-0.3, -0.25) is 39.3 Å². The second kappa shape index (κ2) is 36.8. The highest BCUT2D eigenvalue weighted by Gasteiger charge is 2.40. The quantitative estimate of drug-likeness (QED) is 0.00984. The maximum absolute atomic E-state index is 12.7. The molecule has 2 amide bonds. The molecule has 4 fully saturated rings. The number of anilines is 6. The second-order valence-corrected chi connectivity index (χ2v) is 23.8. The fourth-order valence-electron chi connectivity index (χ4n) is 11.2. The number of ether oxygens (including phenoxy) is 12. The zero-order chi connectivity index (χ0) is 78.5. The molecule has 106 heavy (non-hydrogen) atoms. The molecule has 7 aliphatic heterocycles. The van der Waals surface area contributed by atoms with Gasteiger partial charge in [-0.1, -0.05) is 23.3 Å². The van der Waals surface area contributed by atoms with E-state index in [1.54, 1.807) is 54.6 Å². The largest absolute Gasteiger partial charge is 0.534 e. The SMILES string of the molecule is [2H]C([3H])OC[C@H]1O[C@@H](n2cc3c(nc2=O)Nc2c(OCCCCC(N)=[NH2+])cccc2O3)C[C@H]1O.[2H]C([3H])OC[C@H]1O[C@@H](n2cc3c(nc2=O)Nc2c(OCCC[N+]#[C-])cccc2O3)C[C@H]1O.[C-]#[N+]CCCOc1cccc2c1Nc1nc(=O)n([C@H]3C[C@@H](O)[C@@H](CO)O3)cc1O2.[C-]#[N+]CCOC(=O)ON1C(=O)CCC1=O. The number of hydrogen-bond acceptors (Lipinski definition) is 29. The molecule has 3 aromatic heterocycles. The molecule has 10 heterocycles. The first kappa shape index (κ1) is 71.5. The molecule has 0 saturated carbocycles. The lowest BCUT2D eigenvalue weighted by Gasteiger charge is -2.24. The summed E-state index contributed by atoms with van der Waals surface area (Å²) in [7, 11) is -2.97. The van der Waals surface area contributed by atoms with Crippen LogP contribution in [0.2, 0.25) is 0 Å². The lowest BCUT2D eigenvalue weighted by molar-refractivity contribution is -0.177. The molecular formula is C68H78N15O23+. The first-order valence-corrected chi connectivity index (χ1v) is 33.1. The van der Waals surface area contributed by atoms with Crippen LogP contribution in [0.3, 0.4) is 0 Å². The van der Waals surface area contributed by atoms with Gasteiger partial charge in [0.15, 0.2) is 58.6 Å². The summed E-state index contributed by atoms with van der Waals surface area (Å²) in [6.45, 7) is 21.3. The van der Waals surface area contributed by atoms with Crippen LogP contribution < -0.4 is 72.6 Å². The number of aliphatic hydroxyl groups is 4. The van der Waals surface area contributed by atoms with Crippen molar-refractivity contribution in [1.29, 1.82) is 0 Å². The predicted octanol–water partition coefficient (Wildman–Crippen LogP) is 3.67. The number of benzene rings is 3. The van der Waals surface area contributed by atoms with Gasteiger partial charge in [0.05, 0.1) is 94.9 Å². The summed E-state index contributed by atoms with van der Waals surface area (Å²) in [4.78, 5) is 96.7. The van der Waals surface area contributed by atoms with Crippen LogP contribution in [0.4, 0.5) is 39.3 Å². The summed E-state index contributed by atoms with van der Waals surface area (Å²) in [5.74, 6) is 4.04. The van der Waals surface area contributed by atoms with Gasteiger partial charge < -0.3 is 108 Å². The molecule has 0 spiro atoms. The number of nitrogens with zero attached hydrogens (tertiary/aromatic N) is 10. The number of hydrogen-bond donors (Lipinski definition) is 9. The number of aliphatic hydroxyl groups excluding tert-OH is 4. The maximum atomic E-state index is 12.7. The van der Waals surface area contributed by atoms with Crippen molar-refractivity contribution in [1.82, 2.24) is 33.7 Å². The number of para-hydroxylation sites is 3. The summed E-state index contributed by atoms with van der Waals surface area (Å²) in [6, 6.07) is 15.9. The minimum absolute atomic E-state index is 0.0109. The number of amidine groups is 1. The van der Waals surface area contributed by atoms with Crippen molar-refractivity contribution < 1.29 is 107 Å². The van der Waals surface area contributed by atoms with E-state index in [4.69, 9.17) is 88.4 Å². The van der Waals surface area contributed by atoms with E-state index < -0.39 is 104 Å². The lowest BCUT2D eigenvalue weighted by atomic mass is 10.2. The number of carbonyl (C=O) groups excluding carboxylic acids is 3. The summed E-state index contributed by atoms with van der Waals surface area (Å²) in [5.41, 5.74) is 5.37. The Hall–Kier alpha value is -11.5. The summed E-state index contributed by atoms with van der Waals surface area (Å²) in [6.07, 6.45) is -0.118. The molecule has 13 rings (SSSR count). The molecule has 38 nitrogen and oxygen atoms in total. The predicted molar refractivity (Wildman–Crippen MR) is 368 cm³/mol. The van der Waals surface area contributed by atoms with E-state index in [2.05, 4.69) is 55.0 Å². The van der Waals surface area contributed by atoms with E-state index in [1.807, 2.05) is 0 Å². The average Bonchev–Trinajstić information content (AvgIpc) is 1.16. The number of carbonyl (C=O) groups is 3. The molecule has 0 radical (unpaired) electrons. The molecular weight excluding hydrogens is 1390 g/mol. The zero-order valence-corrected chi connectivity index (χ0v) is 56.6. The van der Waals surface area contributed by atoms with E-state index in [0.29, 0.717) is 132 Å². The van der Waals surface area contributed by atoms with Crippen molar-refractivity contribution in [2.24, 2.45) is 5.73 Å². The molecule has 6 aromatic rings. The maximum Gasteiger partial charge on any atom is 0.534 e. The number of nitrogens with two attached hydrogens (primary N) is 2. The second-order valence-electron chi connectivity index (χ2n) is 23.8. The minimum atomic E-state index is -1.49. The smallest absolute Gasteiger partial charge is 0.491 e. The van der Waals surface area contributed by atoms with Crippen molar-refractivity contribution in [3.63, 3.8) is 0 Å². The lowest BCUT2D eigenvalue weighted by Crippen LogP contribution is -2.45. The highest BCUT2D eigenvalue weighted by atomic mass is 16.8. The van der Waals surface area contributed by atoms with Crippen LogP contribution in [-0.4, -0.2) is 195 Å². The normalized spacial score (nSPS) is 21.8. The third-order valence-electron chi connectivity index (χ3n) is 16.4.